The fraction of sp³-hybridized carbons (Fsp3) is 0.625. The minimum absolute atomic E-state index is 0.737. The summed E-state index contributed by atoms with van der Waals surface area (Å²) in [6, 6.07) is 0. The molecule has 0 spiro atoms. The summed E-state index contributed by atoms with van der Waals surface area (Å²) in [4.78, 5) is 9.76. The number of carbonyl (C=O) groups excluding carboxylic acids is 1. The number of aldehydes is 1. The molecule has 0 bridgehead atoms. The van der Waals surface area contributed by atoms with Gasteiger partial charge in [0.15, 0.2) is 0 Å². The molecule has 0 N–H and O–H groups in total. The standard InChI is InChI=1S/C8H14O/c1-8(2)6-4-3-5-7-9/h3,5,7-8H,4,6H2,1-2H3/b5-3+. The monoisotopic (exact) mass is 126 g/mol. The molecule has 0 aromatic carbocycles. The second-order valence-corrected chi connectivity index (χ2v) is 2.54. The number of carbonyl (C=O) groups is 1. The van der Waals surface area contributed by atoms with Gasteiger partial charge in [-0.25, -0.2) is 0 Å². The van der Waals surface area contributed by atoms with Gasteiger partial charge in [-0.1, -0.05) is 19.9 Å². The van der Waals surface area contributed by atoms with E-state index in [4.69, 9.17) is 0 Å². The summed E-state index contributed by atoms with van der Waals surface area (Å²) in [5.41, 5.74) is 0. The van der Waals surface area contributed by atoms with Crippen molar-refractivity contribution in [3.05, 3.63) is 12.2 Å². The number of rotatable bonds is 4. The maximum atomic E-state index is 9.76. The van der Waals surface area contributed by atoms with Crippen molar-refractivity contribution in [3.8, 4) is 0 Å². The minimum atomic E-state index is 0.737. The van der Waals surface area contributed by atoms with Gasteiger partial charge in [0, 0.05) is 0 Å². The molecule has 0 aliphatic heterocycles. The van der Waals surface area contributed by atoms with Crippen LogP contribution in [0.5, 0.6) is 0 Å². The highest BCUT2D eigenvalue weighted by Gasteiger charge is 1.88. The summed E-state index contributed by atoms with van der Waals surface area (Å²) >= 11 is 0. The molecule has 1 heteroatoms. The number of hydrogen-bond acceptors (Lipinski definition) is 1. The van der Waals surface area contributed by atoms with Gasteiger partial charge in [-0.05, 0) is 24.8 Å². The average Bonchev–Trinajstić information content (AvgIpc) is 1.80. The Morgan fingerprint density at radius 3 is 2.56 bits per heavy atom. The molecule has 0 aliphatic rings. The molecule has 0 amide bonds. The van der Waals surface area contributed by atoms with E-state index >= 15 is 0 Å². The van der Waals surface area contributed by atoms with Gasteiger partial charge in [0.05, 0.1) is 0 Å². The summed E-state index contributed by atoms with van der Waals surface area (Å²) in [6.45, 7) is 4.35. The fourth-order valence-electron chi connectivity index (χ4n) is 0.581. The highest BCUT2D eigenvalue weighted by Crippen LogP contribution is 2.02. The van der Waals surface area contributed by atoms with Crippen LogP contribution in [-0.2, 0) is 4.79 Å². The molecule has 0 rings (SSSR count). The largest absolute Gasteiger partial charge is 0.299 e. The van der Waals surface area contributed by atoms with Gasteiger partial charge in [0.1, 0.15) is 6.29 Å². The fourth-order valence-corrected chi connectivity index (χ4v) is 0.581. The van der Waals surface area contributed by atoms with E-state index in [-0.39, 0.29) is 0 Å². The van der Waals surface area contributed by atoms with Crippen LogP contribution in [0.2, 0.25) is 0 Å². The van der Waals surface area contributed by atoms with E-state index in [2.05, 4.69) is 13.8 Å². The van der Waals surface area contributed by atoms with Crippen LogP contribution in [0.1, 0.15) is 26.7 Å². The normalized spacial score (nSPS) is 11.0. The van der Waals surface area contributed by atoms with Crippen molar-refractivity contribution in [2.24, 2.45) is 5.92 Å². The van der Waals surface area contributed by atoms with Crippen molar-refractivity contribution in [2.75, 3.05) is 0 Å². The SMILES string of the molecule is CC(C)CC/C=C/C=O. The zero-order chi connectivity index (χ0) is 7.11. The molecule has 0 fully saturated rings. The Labute approximate surface area is 56.8 Å². The van der Waals surface area contributed by atoms with Crippen molar-refractivity contribution in [1.82, 2.24) is 0 Å². The van der Waals surface area contributed by atoms with Gasteiger partial charge in [-0.3, -0.25) is 4.79 Å². The predicted octanol–water partition coefficient (Wildman–Crippen LogP) is 2.18. The van der Waals surface area contributed by atoms with Crippen LogP contribution >= 0.6 is 0 Å². The molecule has 0 radical (unpaired) electrons. The van der Waals surface area contributed by atoms with Crippen LogP contribution in [-0.4, -0.2) is 6.29 Å². The lowest BCUT2D eigenvalue weighted by atomic mass is 10.1. The lowest BCUT2D eigenvalue weighted by Crippen LogP contribution is -1.83. The Morgan fingerprint density at radius 1 is 1.44 bits per heavy atom. The second kappa shape index (κ2) is 5.54. The summed E-state index contributed by atoms with van der Waals surface area (Å²) in [5.74, 6) is 0.737. The minimum Gasteiger partial charge on any atom is -0.299 e. The van der Waals surface area contributed by atoms with E-state index in [0.29, 0.717) is 0 Å². The maximum absolute atomic E-state index is 9.76. The first-order chi connectivity index (χ1) is 4.27. The van der Waals surface area contributed by atoms with Crippen molar-refractivity contribution >= 4 is 6.29 Å². The van der Waals surface area contributed by atoms with E-state index in [0.717, 1.165) is 18.6 Å². The van der Waals surface area contributed by atoms with Gasteiger partial charge < -0.3 is 0 Å². The van der Waals surface area contributed by atoms with E-state index in [1.165, 1.54) is 6.42 Å². The van der Waals surface area contributed by atoms with Crippen LogP contribution in [0.15, 0.2) is 12.2 Å². The first-order valence-corrected chi connectivity index (χ1v) is 3.37. The molecule has 0 aliphatic carbocycles. The van der Waals surface area contributed by atoms with Gasteiger partial charge in [-0.2, -0.15) is 0 Å². The molecule has 0 atom stereocenters. The summed E-state index contributed by atoms with van der Waals surface area (Å²) in [6.07, 6.45) is 6.48. The van der Waals surface area contributed by atoms with Crippen LogP contribution in [0.3, 0.4) is 0 Å². The smallest absolute Gasteiger partial charge is 0.142 e. The van der Waals surface area contributed by atoms with Crippen molar-refractivity contribution in [1.29, 1.82) is 0 Å². The van der Waals surface area contributed by atoms with Crippen molar-refractivity contribution in [2.45, 2.75) is 26.7 Å². The van der Waals surface area contributed by atoms with Crippen molar-refractivity contribution in [3.63, 3.8) is 0 Å². The molecular formula is C8H14O. The Kier molecular flexibility index (Phi) is 5.18. The second-order valence-electron chi connectivity index (χ2n) is 2.54. The highest BCUT2D eigenvalue weighted by molar-refractivity contribution is 5.64. The van der Waals surface area contributed by atoms with Gasteiger partial charge >= 0.3 is 0 Å². The molecule has 9 heavy (non-hydrogen) atoms. The quantitative estimate of drug-likeness (QED) is 0.417. The van der Waals surface area contributed by atoms with Crippen LogP contribution < -0.4 is 0 Å². The average molecular weight is 126 g/mol. The lowest BCUT2D eigenvalue weighted by Gasteiger charge is -1.97. The zero-order valence-electron chi connectivity index (χ0n) is 6.13. The topological polar surface area (TPSA) is 17.1 Å². The molecular weight excluding hydrogens is 112 g/mol. The van der Waals surface area contributed by atoms with E-state index < -0.39 is 0 Å². The first kappa shape index (κ1) is 8.41. The maximum Gasteiger partial charge on any atom is 0.142 e. The Balaban J connectivity index is 3.08. The van der Waals surface area contributed by atoms with Crippen LogP contribution in [0.25, 0.3) is 0 Å². The highest BCUT2D eigenvalue weighted by atomic mass is 16.1. The predicted molar refractivity (Wildman–Crippen MR) is 39.3 cm³/mol. The van der Waals surface area contributed by atoms with E-state index in [1.807, 2.05) is 6.08 Å². The molecule has 1 nitrogen and oxygen atoms in total. The molecule has 0 saturated heterocycles. The van der Waals surface area contributed by atoms with Gasteiger partial charge in [0.2, 0.25) is 0 Å². The molecule has 0 unspecified atom stereocenters. The number of hydrogen-bond donors (Lipinski definition) is 0. The molecule has 0 aromatic rings. The molecule has 0 saturated carbocycles. The van der Waals surface area contributed by atoms with Crippen LogP contribution in [0, 0.1) is 5.92 Å². The summed E-state index contributed by atoms with van der Waals surface area (Å²) in [5, 5.41) is 0. The van der Waals surface area contributed by atoms with Gasteiger partial charge in [-0.15, -0.1) is 0 Å². The third-order valence-corrected chi connectivity index (χ3v) is 1.13. The van der Waals surface area contributed by atoms with Gasteiger partial charge in [0.25, 0.3) is 0 Å². The van der Waals surface area contributed by atoms with Crippen LogP contribution in [0.4, 0.5) is 0 Å². The zero-order valence-corrected chi connectivity index (χ0v) is 6.13. The molecule has 52 valence electrons. The first-order valence-electron chi connectivity index (χ1n) is 3.37. The Morgan fingerprint density at radius 2 is 2.11 bits per heavy atom. The summed E-state index contributed by atoms with van der Waals surface area (Å²) < 4.78 is 0. The van der Waals surface area contributed by atoms with Crippen molar-refractivity contribution < 1.29 is 4.79 Å². The molecule has 0 aromatic heterocycles. The summed E-state index contributed by atoms with van der Waals surface area (Å²) in [7, 11) is 0. The van der Waals surface area contributed by atoms with E-state index in [1.54, 1.807) is 6.08 Å². The lowest BCUT2D eigenvalue weighted by molar-refractivity contribution is -0.104. The number of allylic oxidation sites excluding steroid dienone is 2. The third kappa shape index (κ3) is 7.41. The Hall–Kier alpha value is -0.590. The van der Waals surface area contributed by atoms with E-state index in [9.17, 15) is 4.79 Å². The molecule has 0 heterocycles. The Bertz CT molecular complexity index is 92.7. The third-order valence-electron chi connectivity index (χ3n) is 1.13.